The fourth-order valence-electron chi connectivity index (χ4n) is 0.916. The predicted octanol–water partition coefficient (Wildman–Crippen LogP) is -1.22. The van der Waals surface area contributed by atoms with E-state index >= 15 is 0 Å². The summed E-state index contributed by atoms with van der Waals surface area (Å²) in [6.45, 7) is 1.87. The summed E-state index contributed by atoms with van der Waals surface area (Å²) < 4.78 is 30.9. The SMILES string of the molecule is CNS(=O)(=O)N1CCOCC1. The van der Waals surface area contributed by atoms with E-state index in [4.69, 9.17) is 4.74 Å². The van der Waals surface area contributed by atoms with E-state index in [0.29, 0.717) is 26.3 Å². The van der Waals surface area contributed by atoms with Crippen molar-refractivity contribution >= 4 is 10.2 Å². The molecule has 6 heteroatoms. The molecule has 1 saturated heterocycles. The molecule has 0 spiro atoms. The highest BCUT2D eigenvalue weighted by Gasteiger charge is 2.21. The lowest BCUT2D eigenvalue weighted by Gasteiger charge is -2.25. The van der Waals surface area contributed by atoms with E-state index in [1.807, 2.05) is 0 Å². The molecule has 66 valence electrons. The third kappa shape index (κ3) is 2.13. The smallest absolute Gasteiger partial charge is 0.279 e. The van der Waals surface area contributed by atoms with Crippen molar-refractivity contribution in [2.24, 2.45) is 0 Å². The van der Waals surface area contributed by atoms with Crippen molar-refractivity contribution in [3.63, 3.8) is 0 Å². The molecule has 5 nitrogen and oxygen atoms in total. The van der Waals surface area contributed by atoms with Crippen LogP contribution < -0.4 is 4.72 Å². The van der Waals surface area contributed by atoms with E-state index in [9.17, 15) is 8.42 Å². The molecule has 0 amide bonds. The second kappa shape index (κ2) is 3.48. The van der Waals surface area contributed by atoms with Crippen LogP contribution in [0.5, 0.6) is 0 Å². The lowest BCUT2D eigenvalue weighted by atomic mass is 10.5. The van der Waals surface area contributed by atoms with Crippen molar-refractivity contribution in [3.05, 3.63) is 0 Å². The molecule has 0 aromatic heterocycles. The first kappa shape index (κ1) is 8.92. The molecule has 1 rings (SSSR count). The summed E-state index contributed by atoms with van der Waals surface area (Å²) >= 11 is 0. The van der Waals surface area contributed by atoms with Gasteiger partial charge in [-0.3, -0.25) is 0 Å². The van der Waals surface area contributed by atoms with Gasteiger partial charge in [-0.2, -0.15) is 12.7 Å². The summed E-state index contributed by atoms with van der Waals surface area (Å²) in [5, 5.41) is 0. The maximum atomic E-state index is 11.1. The minimum Gasteiger partial charge on any atom is -0.379 e. The quantitative estimate of drug-likeness (QED) is 0.579. The fraction of sp³-hybridized carbons (Fsp3) is 1.00. The zero-order valence-electron chi connectivity index (χ0n) is 6.41. The molecule has 0 unspecified atom stereocenters. The van der Waals surface area contributed by atoms with Crippen LogP contribution in [0.3, 0.4) is 0 Å². The van der Waals surface area contributed by atoms with Crippen LogP contribution in [0.4, 0.5) is 0 Å². The first-order valence-corrected chi connectivity index (χ1v) is 4.87. The third-order valence-electron chi connectivity index (χ3n) is 1.57. The zero-order valence-corrected chi connectivity index (χ0v) is 7.23. The topological polar surface area (TPSA) is 58.6 Å². The Hall–Kier alpha value is -0.170. The second-order valence-corrected chi connectivity index (χ2v) is 4.10. The molecule has 1 aliphatic heterocycles. The van der Waals surface area contributed by atoms with Gasteiger partial charge < -0.3 is 4.74 Å². The van der Waals surface area contributed by atoms with Crippen molar-refractivity contribution in [2.45, 2.75) is 0 Å². The van der Waals surface area contributed by atoms with E-state index in [-0.39, 0.29) is 0 Å². The molecular weight excluding hydrogens is 168 g/mol. The van der Waals surface area contributed by atoms with Crippen molar-refractivity contribution in [1.29, 1.82) is 0 Å². The van der Waals surface area contributed by atoms with Gasteiger partial charge in [-0.15, -0.1) is 0 Å². The summed E-state index contributed by atoms with van der Waals surface area (Å²) in [6.07, 6.45) is 0. The summed E-state index contributed by atoms with van der Waals surface area (Å²) in [5.74, 6) is 0. The highest BCUT2D eigenvalue weighted by molar-refractivity contribution is 7.87. The van der Waals surface area contributed by atoms with Crippen molar-refractivity contribution in [1.82, 2.24) is 9.03 Å². The summed E-state index contributed by atoms with van der Waals surface area (Å²) in [7, 11) is -1.81. The van der Waals surface area contributed by atoms with Gasteiger partial charge in [-0.25, -0.2) is 4.72 Å². The van der Waals surface area contributed by atoms with Crippen molar-refractivity contribution < 1.29 is 13.2 Å². The lowest BCUT2D eigenvalue weighted by Crippen LogP contribution is -2.45. The molecule has 11 heavy (non-hydrogen) atoms. The maximum absolute atomic E-state index is 11.1. The first-order chi connectivity index (χ1) is 5.17. The molecule has 1 N–H and O–H groups in total. The molecular formula is C5H12N2O3S. The van der Waals surface area contributed by atoms with Gasteiger partial charge in [0.25, 0.3) is 10.2 Å². The Kier molecular flexibility index (Phi) is 2.83. The standard InChI is InChI=1S/C5H12N2O3S/c1-6-11(8,9)7-2-4-10-5-3-7/h6H,2-5H2,1H3. The number of rotatable bonds is 2. The highest BCUT2D eigenvalue weighted by Crippen LogP contribution is 2.01. The molecule has 0 saturated carbocycles. The van der Waals surface area contributed by atoms with Crippen LogP contribution in [0.15, 0.2) is 0 Å². The number of ether oxygens (including phenoxy) is 1. The van der Waals surface area contributed by atoms with E-state index in [1.165, 1.54) is 11.4 Å². The van der Waals surface area contributed by atoms with Gasteiger partial charge in [0, 0.05) is 20.1 Å². The first-order valence-electron chi connectivity index (χ1n) is 3.43. The Morgan fingerprint density at radius 2 is 1.91 bits per heavy atom. The molecule has 0 radical (unpaired) electrons. The van der Waals surface area contributed by atoms with Crippen LogP contribution in [-0.4, -0.2) is 46.1 Å². The summed E-state index contributed by atoms with van der Waals surface area (Å²) in [4.78, 5) is 0. The van der Waals surface area contributed by atoms with Crippen LogP contribution >= 0.6 is 0 Å². The number of nitrogens with one attached hydrogen (secondary N) is 1. The van der Waals surface area contributed by atoms with E-state index < -0.39 is 10.2 Å². The number of morpholine rings is 1. The van der Waals surface area contributed by atoms with Crippen LogP contribution in [0.25, 0.3) is 0 Å². The van der Waals surface area contributed by atoms with Gasteiger partial charge in [-0.1, -0.05) is 0 Å². The zero-order chi connectivity index (χ0) is 8.32. The highest BCUT2D eigenvalue weighted by atomic mass is 32.2. The van der Waals surface area contributed by atoms with Gasteiger partial charge in [-0.05, 0) is 0 Å². The molecule has 1 heterocycles. The number of nitrogens with zero attached hydrogens (tertiary/aromatic N) is 1. The Bertz CT molecular complexity index is 208. The molecule has 0 aromatic rings. The Morgan fingerprint density at radius 3 is 2.36 bits per heavy atom. The minimum atomic E-state index is -3.22. The van der Waals surface area contributed by atoms with Gasteiger partial charge in [0.05, 0.1) is 13.2 Å². The van der Waals surface area contributed by atoms with Crippen molar-refractivity contribution in [2.75, 3.05) is 33.4 Å². The fourth-order valence-corrected chi connectivity index (χ4v) is 1.80. The molecule has 1 fully saturated rings. The van der Waals surface area contributed by atoms with Gasteiger partial charge >= 0.3 is 0 Å². The van der Waals surface area contributed by atoms with Gasteiger partial charge in [0.2, 0.25) is 0 Å². The second-order valence-electron chi connectivity index (χ2n) is 2.22. The summed E-state index contributed by atoms with van der Waals surface area (Å²) in [5.41, 5.74) is 0. The Labute approximate surface area is 66.5 Å². The van der Waals surface area contributed by atoms with Crippen molar-refractivity contribution in [3.8, 4) is 0 Å². The predicted molar refractivity (Wildman–Crippen MR) is 40.4 cm³/mol. The Balaban J connectivity index is 2.58. The monoisotopic (exact) mass is 180 g/mol. The van der Waals surface area contributed by atoms with Crippen LogP contribution in [0.2, 0.25) is 0 Å². The maximum Gasteiger partial charge on any atom is 0.279 e. The lowest BCUT2D eigenvalue weighted by molar-refractivity contribution is 0.0726. The Morgan fingerprint density at radius 1 is 1.36 bits per heavy atom. The number of hydrogen-bond donors (Lipinski definition) is 1. The minimum absolute atomic E-state index is 0.448. The van der Waals surface area contributed by atoms with E-state index in [1.54, 1.807) is 0 Å². The normalized spacial score (nSPS) is 21.9. The van der Waals surface area contributed by atoms with Crippen LogP contribution in [0, 0.1) is 0 Å². The average Bonchev–Trinajstić information content (AvgIpc) is 2.06. The summed E-state index contributed by atoms with van der Waals surface area (Å²) in [6, 6.07) is 0. The van der Waals surface area contributed by atoms with Crippen LogP contribution in [-0.2, 0) is 14.9 Å². The molecule has 0 bridgehead atoms. The molecule has 0 aromatic carbocycles. The van der Waals surface area contributed by atoms with Gasteiger partial charge in [0.1, 0.15) is 0 Å². The average molecular weight is 180 g/mol. The molecule has 1 aliphatic rings. The number of hydrogen-bond acceptors (Lipinski definition) is 3. The van der Waals surface area contributed by atoms with E-state index in [0.717, 1.165) is 0 Å². The molecule has 0 atom stereocenters. The third-order valence-corrected chi connectivity index (χ3v) is 3.13. The van der Waals surface area contributed by atoms with E-state index in [2.05, 4.69) is 4.72 Å². The molecule has 0 aliphatic carbocycles. The van der Waals surface area contributed by atoms with Gasteiger partial charge in [0.15, 0.2) is 0 Å². The van der Waals surface area contributed by atoms with Crippen LogP contribution in [0.1, 0.15) is 0 Å². The largest absolute Gasteiger partial charge is 0.379 e.